The molecule has 0 radical (unpaired) electrons. The van der Waals surface area contributed by atoms with Crippen LogP contribution in [0, 0.1) is 11.3 Å². The molecule has 5 aromatic rings. The van der Waals surface area contributed by atoms with Crippen LogP contribution in [0.2, 0.25) is 0 Å². The summed E-state index contributed by atoms with van der Waals surface area (Å²) < 4.78 is 72.9. The van der Waals surface area contributed by atoms with E-state index >= 15 is 0 Å². The predicted molar refractivity (Wildman–Crippen MR) is 176 cm³/mol. The highest BCUT2D eigenvalue weighted by molar-refractivity contribution is 5.84. The Bertz CT molecular complexity index is 2050. The standard InChI is InChI=1S/C37H34F3N5O5/c1-46-13-14-49-33-18-27(37(38,39)40)17-32-36(33)44-34(45(32)20-29-9-12-48-29)16-23-5-6-24-15-26(23)21-47-11-10-31-25(19-41)7-8-28(42-31)22-50-35-4-2-3-30(24)43-35/h2-8,15,17-18,29H,9-14,16,20-22H2,1H3. The van der Waals surface area contributed by atoms with Crippen molar-refractivity contribution < 1.29 is 36.9 Å². The highest BCUT2D eigenvalue weighted by Gasteiger charge is 2.33. The molecule has 1 fully saturated rings. The molecule has 0 saturated carbocycles. The van der Waals surface area contributed by atoms with Crippen LogP contribution >= 0.6 is 0 Å². The molecule has 1 atom stereocenters. The summed E-state index contributed by atoms with van der Waals surface area (Å²) in [6, 6.07) is 19.3. The number of imidazole rings is 1. The largest absolute Gasteiger partial charge is 0.489 e. The molecule has 50 heavy (non-hydrogen) atoms. The van der Waals surface area contributed by atoms with Gasteiger partial charge in [-0.15, -0.1) is 0 Å². The summed E-state index contributed by atoms with van der Waals surface area (Å²) in [6.07, 6.45) is -3.21. The summed E-state index contributed by atoms with van der Waals surface area (Å²) in [5.74, 6) is 1.04. The molecule has 0 N–H and O–H groups in total. The van der Waals surface area contributed by atoms with Gasteiger partial charge in [0.1, 0.15) is 36.4 Å². The van der Waals surface area contributed by atoms with E-state index in [2.05, 4.69) is 11.1 Å². The molecule has 5 heterocycles. The lowest BCUT2D eigenvalue weighted by Gasteiger charge is -2.27. The molecule has 258 valence electrons. The number of benzene rings is 2. The molecule has 0 aliphatic carbocycles. The minimum Gasteiger partial charge on any atom is -0.489 e. The van der Waals surface area contributed by atoms with Gasteiger partial charge in [-0.3, -0.25) is 4.98 Å². The van der Waals surface area contributed by atoms with Crippen molar-refractivity contribution in [2.24, 2.45) is 0 Å². The van der Waals surface area contributed by atoms with Crippen molar-refractivity contribution in [3.05, 3.63) is 100 Å². The zero-order valence-corrected chi connectivity index (χ0v) is 27.3. The molecule has 3 aromatic heterocycles. The Balaban J connectivity index is 1.28. The molecule has 2 aliphatic heterocycles. The molecular formula is C37H34F3N5O5. The van der Waals surface area contributed by atoms with Gasteiger partial charge in [0.05, 0.1) is 66.2 Å². The molecule has 0 spiro atoms. The van der Waals surface area contributed by atoms with Gasteiger partial charge in [-0.25, -0.2) is 9.97 Å². The lowest BCUT2D eigenvalue weighted by molar-refractivity contribution is -0.137. The number of nitriles is 1. The molecule has 13 heteroatoms. The van der Waals surface area contributed by atoms with Gasteiger partial charge in [-0.2, -0.15) is 18.4 Å². The van der Waals surface area contributed by atoms with Crippen LogP contribution in [0.5, 0.6) is 11.6 Å². The third-order valence-corrected chi connectivity index (χ3v) is 8.79. The van der Waals surface area contributed by atoms with Crippen molar-refractivity contribution in [1.29, 1.82) is 5.26 Å². The van der Waals surface area contributed by atoms with Gasteiger partial charge in [0, 0.05) is 38.2 Å². The molecule has 2 aromatic carbocycles. The zero-order valence-electron chi connectivity index (χ0n) is 27.3. The van der Waals surface area contributed by atoms with Gasteiger partial charge in [-0.1, -0.05) is 18.2 Å². The Morgan fingerprint density at radius 3 is 2.66 bits per heavy atom. The van der Waals surface area contributed by atoms with Crippen LogP contribution in [0.3, 0.4) is 0 Å². The smallest absolute Gasteiger partial charge is 0.416 e. The molecule has 1 unspecified atom stereocenters. The Morgan fingerprint density at radius 1 is 1.00 bits per heavy atom. The summed E-state index contributed by atoms with van der Waals surface area (Å²) in [5, 5.41) is 9.65. The number of alkyl halides is 3. The third kappa shape index (κ3) is 7.28. The first-order chi connectivity index (χ1) is 24.3. The normalized spacial score (nSPS) is 16.1. The van der Waals surface area contributed by atoms with E-state index < -0.39 is 11.7 Å². The van der Waals surface area contributed by atoms with Gasteiger partial charge in [0.15, 0.2) is 0 Å². The van der Waals surface area contributed by atoms with Crippen molar-refractivity contribution in [1.82, 2.24) is 19.5 Å². The zero-order chi connectivity index (χ0) is 34.7. The van der Waals surface area contributed by atoms with Gasteiger partial charge < -0.3 is 28.3 Å². The van der Waals surface area contributed by atoms with Gasteiger partial charge in [0.25, 0.3) is 0 Å². The van der Waals surface area contributed by atoms with Crippen molar-refractivity contribution in [3.63, 3.8) is 0 Å². The monoisotopic (exact) mass is 685 g/mol. The SMILES string of the molecule is COCCOc1cc(C(F)(F)F)cc2c1nc(Cc1ccc3cc1COCCc1nc(ccc1C#N)COc1cccc-3n1)n2CC1CCO1. The first-order valence-electron chi connectivity index (χ1n) is 16.3. The van der Waals surface area contributed by atoms with Crippen molar-refractivity contribution in [2.75, 3.05) is 33.5 Å². The van der Waals surface area contributed by atoms with Gasteiger partial charge >= 0.3 is 6.18 Å². The number of hydrogen-bond acceptors (Lipinski definition) is 9. The number of nitrogens with zero attached hydrogens (tertiary/aromatic N) is 5. The average molecular weight is 686 g/mol. The molecule has 7 rings (SSSR count). The highest BCUT2D eigenvalue weighted by Crippen LogP contribution is 2.38. The number of methoxy groups -OCH3 is 1. The molecule has 10 nitrogen and oxygen atoms in total. The van der Waals surface area contributed by atoms with E-state index in [-0.39, 0.29) is 38.3 Å². The second-order valence-corrected chi connectivity index (χ2v) is 12.1. The topological polar surface area (TPSA) is 114 Å². The van der Waals surface area contributed by atoms with E-state index in [1.165, 1.54) is 7.11 Å². The second-order valence-electron chi connectivity index (χ2n) is 12.1. The van der Waals surface area contributed by atoms with Crippen molar-refractivity contribution in [3.8, 4) is 29.0 Å². The van der Waals surface area contributed by atoms with E-state index in [1.54, 1.807) is 18.2 Å². The Labute approximate surface area is 286 Å². The Hall–Kier alpha value is -5.03. The lowest BCUT2D eigenvalue weighted by Crippen LogP contribution is -2.31. The van der Waals surface area contributed by atoms with E-state index in [0.717, 1.165) is 35.2 Å². The minimum atomic E-state index is -4.59. The van der Waals surface area contributed by atoms with E-state index in [1.807, 2.05) is 34.9 Å². The van der Waals surface area contributed by atoms with Crippen LogP contribution in [-0.2, 0) is 53.0 Å². The third-order valence-electron chi connectivity index (χ3n) is 8.79. The molecular weight excluding hydrogens is 651 g/mol. The number of aromatic nitrogens is 4. The number of pyridine rings is 2. The van der Waals surface area contributed by atoms with Gasteiger partial charge in [0.2, 0.25) is 5.88 Å². The Kier molecular flexibility index (Phi) is 9.67. The van der Waals surface area contributed by atoms with Crippen LogP contribution in [0.15, 0.2) is 60.7 Å². The first kappa shape index (κ1) is 33.5. The lowest BCUT2D eigenvalue weighted by atomic mass is 9.99. The predicted octanol–water partition coefficient (Wildman–Crippen LogP) is 6.44. The number of fused-ring (bicyclic) bond motifs is 8. The summed E-state index contributed by atoms with van der Waals surface area (Å²) in [6.45, 7) is 1.96. The van der Waals surface area contributed by atoms with Crippen LogP contribution in [0.4, 0.5) is 13.2 Å². The first-order valence-corrected chi connectivity index (χ1v) is 16.3. The van der Waals surface area contributed by atoms with Crippen molar-refractivity contribution >= 4 is 11.0 Å². The molecule has 0 amide bonds. The van der Waals surface area contributed by atoms with E-state index in [4.69, 9.17) is 33.7 Å². The fourth-order valence-corrected chi connectivity index (χ4v) is 6.06. The molecule has 6 bridgehead atoms. The van der Waals surface area contributed by atoms with Crippen LogP contribution in [0.1, 0.15) is 45.9 Å². The maximum absolute atomic E-state index is 14.1. The fraction of sp³-hybridized carbons (Fsp3) is 0.351. The number of hydrogen-bond donors (Lipinski definition) is 0. The maximum Gasteiger partial charge on any atom is 0.416 e. The van der Waals surface area contributed by atoms with Crippen LogP contribution in [0.25, 0.3) is 22.3 Å². The molecule has 1 saturated heterocycles. The number of ether oxygens (including phenoxy) is 5. The fourth-order valence-electron chi connectivity index (χ4n) is 6.06. The van der Waals surface area contributed by atoms with Gasteiger partial charge in [-0.05, 0) is 53.9 Å². The minimum absolute atomic E-state index is 0.0419. The van der Waals surface area contributed by atoms with E-state index in [0.29, 0.717) is 78.0 Å². The number of rotatable bonds is 8. The quantitative estimate of drug-likeness (QED) is 0.170. The molecule has 2 aliphatic rings. The summed E-state index contributed by atoms with van der Waals surface area (Å²) in [4.78, 5) is 14.3. The number of halogens is 3. The van der Waals surface area contributed by atoms with E-state index in [9.17, 15) is 18.4 Å². The van der Waals surface area contributed by atoms with Crippen LogP contribution < -0.4 is 9.47 Å². The second kappa shape index (κ2) is 14.4. The Morgan fingerprint density at radius 2 is 1.88 bits per heavy atom. The van der Waals surface area contributed by atoms with Crippen molar-refractivity contribution in [2.45, 2.75) is 51.3 Å². The summed E-state index contributed by atoms with van der Waals surface area (Å²) in [7, 11) is 1.50. The summed E-state index contributed by atoms with van der Waals surface area (Å²) in [5.41, 5.74) is 4.89. The summed E-state index contributed by atoms with van der Waals surface area (Å²) >= 11 is 0. The average Bonchev–Trinajstić information content (AvgIpc) is 3.44. The maximum atomic E-state index is 14.1. The highest BCUT2D eigenvalue weighted by atomic mass is 19.4. The van der Waals surface area contributed by atoms with Crippen LogP contribution in [-0.4, -0.2) is 59.2 Å².